The molecule has 0 aromatic rings. The zero-order valence-corrected chi connectivity index (χ0v) is 11.6. The van der Waals surface area contributed by atoms with E-state index >= 15 is 0 Å². The highest BCUT2D eigenvalue weighted by atomic mass is 35.5. The maximum absolute atomic E-state index is 14.3. The SMILES string of the molecule is COC1CC[C@@H](C2CCC(C)CC2)C(F)C1Cl. The van der Waals surface area contributed by atoms with Gasteiger partial charge in [0.15, 0.2) is 0 Å². The first-order valence-corrected chi connectivity index (χ1v) is 7.38. The van der Waals surface area contributed by atoms with E-state index in [9.17, 15) is 4.39 Å². The van der Waals surface area contributed by atoms with Gasteiger partial charge < -0.3 is 4.74 Å². The number of hydrogen-bond acceptors (Lipinski definition) is 1. The molecule has 0 spiro atoms. The van der Waals surface area contributed by atoms with E-state index in [0.717, 1.165) is 18.8 Å². The molecule has 0 bridgehead atoms. The standard InChI is InChI=1S/C14H24ClFO/c1-9-3-5-10(6-4-9)11-7-8-12(17-2)13(15)14(11)16/h9-14H,3-8H2,1-2H3/t9?,10?,11-,12?,13?,14?/m0/s1. The van der Waals surface area contributed by atoms with Crippen molar-refractivity contribution in [2.24, 2.45) is 17.8 Å². The van der Waals surface area contributed by atoms with E-state index in [-0.39, 0.29) is 12.0 Å². The van der Waals surface area contributed by atoms with Crippen LogP contribution >= 0.6 is 11.6 Å². The third-order valence-electron chi connectivity index (χ3n) is 4.82. The van der Waals surface area contributed by atoms with Crippen LogP contribution < -0.4 is 0 Å². The summed E-state index contributed by atoms with van der Waals surface area (Å²) >= 11 is 6.18. The predicted octanol–water partition coefficient (Wildman–Crippen LogP) is 4.18. The maximum atomic E-state index is 14.3. The number of methoxy groups -OCH3 is 1. The Hall–Kier alpha value is 0.180. The second-order valence-electron chi connectivity index (χ2n) is 5.92. The van der Waals surface area contributed by atoms with Gasteiger partial charge in [-0.1, -0.05) is 19.8 Å². The molecule has 100 valence electrons. The molecule has 2 rings (SSSR count). The Morgan fingerprint density at radius 1 is 1.06 bits per heavy atom. The van der Waals surface area contributed by atoms with Gasteiger partial charge >= 0.3 is 0 Å². The van der Waals surface area contributed by atoms with Crippen molar-refractivity contribution in [3.05, 3.63) is 0 Å². The second kappa shape index (κ2) is 5.88. The van der Waals surface area contributed by atoms with E-state index in [0.29, 0.717) is 5.92 Å². The van der Waals surface area contributed by atoms with Gasteiger partial charge in [-0.25, -0.2) is 4.39 Å². The first-order chi connectivity index (χ1) is 8.13. The van der Waals surface area contributed by atoms with Crippen molar-refractivity contribution < 1.29 is 9.13 Å². The van der Waals surface area contributed by atoms with E-state index in [1.807, 2.05) is 0 Å². The van der Waals surface area contributed by atoms with E-state index in [4.69, 9.17) is 16.3 Å². The minimum Gasteiger partial charge on any atom is -0.380 e. The van der Waals surface area contributed by atoms with Gasteiger partial charge in [-0.2, -0.15) is 0 Å². The summed E-state index contributed by atoms with van der Waals surface area (Å²) < 4.78 is 19.6. The number of rotatable bonds is 2. The van der Waals surface area contributed by atoms with Crippen LogP contribution in [-0.2, 0) is 4.74 Å². The van der Waals surface area contributed by atoms with E-state index < -0.39 is 11.5 Å². The molecule has 1 nitrogen and oxygen atoms in total. The van der Waals surface area contributed by atoms with Crippen LogP contribution in [0.1, 0.15) is 45.4 Å². The van der Waals surface area contributed by atoms with Crippen LogP contribution in [0.3, 0.4) is 0 Å². The summed E-state index contributed by atoms with van der Waals surface area (Å²) in [5.74, 6) is 1.56. The highest BCUT2D eigenvalue weighted by Crippen LogP contribution is 2.43. The largest absolute Gasteiger partial charge is 0.380 e. The summed E-state index contributed by atoms with van der Waals surface area (Å²) in [4.78, 5) is 0. The van der Waals surface area contributed by atoms with Gasteiger partial charge in [-0.15, -0.1) is 11.6 Å². The molecule has 2 aliphatic rings. The van der Waals surface area contributed by atoms with Gasteiger partial charge in [0.2, 0.25) is 0 Å². The minimum atomic E-state index is -0.881. The topological polar surface area (TPSA) is 9.23 Å². The lowest BCUT2D eigenvalue weighted by Gasteiger charge is -2.41. The Morgan fingerprint density at radius 2 is 1.71 bits per heavy atom. The Kier molecular flexibility index (Phi) is 4.71. The molecule has 2 saturated carbocycles. The van der Waals surface area contributed by atoms with Gasteiger partial charge in [-0.3, -0.25) is 0 Å². The van der Waals surface area contributed by atoms with Gasteiger partial charge in [0, 0.05) is 7.11 Å². The lowest BCUT2D eigenvalue weighted by Crippen LogP contribution is -2.44. The van der Waals surface area contributed by atoms with Crippen LogP contribution in [0.15, 0.2) is 0 Å². The Bertz CT molecular complexity index is 238. The van der Waals surface area contributed by atoms with E-state index in [1.54, 1.807) is 7.11 Å². The normalized spacial score (nSPS) is 48.0. The fourth-order valence-electron chi connectivity index (χ4n) is 3.57. The lowest BCUT2D eigenvalue weighted by atomic mass is 9.70. The lowest BCUT2D eigenvalue weighted by molar-refractivity contribution is -0.00356. The number of ether oxygens (including phenoxy) is 1. The number of halogens is 2. The average molecular weight is 263 g/mol. The molecule has 3 unspecified atom stereocenters. The number of alkyl halides is 2. The van der Waals surface area contributed by atoms with Crippen molar-refractivity contribution in [3.63, 3.8) is 0 Å². The molecule has 2 aliphatic carbocycles. The van der Waals surface area contributed by atoms with Gasteiger partial charge in [-0.05, 0) is 43.4 Å². The average Bonchev–Trinajstić information content (AvgIpc) is 2.34. The van der Waals surface area contributed by atoms with Gasteiger partial charge in [0.25, 0.3) is 0 Å². The third-order valence-corrected chi connectivity index (χ3v) is 5.34. The molecule has 0 aliphatic heterocycles. The third kappa shape index (κ3) is 2.96. The quantitative estimate of drug-likeness (QED) is 0.679. The van der Waals surface area contributed by atoms with Crippen LogP contribution in [0.5, 0.6) is 0 Å². The summed E-state index contributed by atoms with van der Waals surface area (Å²) in [5.41, 5.74) is 0. The van der Waals surface area contributed by atoms with Crippen molar-refractivity contribution in [1.82, 2.24) is 0 Å². The first kappa shape index (κ1) is 13.6. The van der Waals surface area contributed by atoms with Crippen LogP contribution in [-0.4, -0.2) is 24.8 Å². The summed E-state index contributed by atoms with van der Waals surface area (Å²) in [5, 5.41) is -0.446. The van der Waals surface area contributed by atoms with Crippen molar-refractivity contribution in [2.45, 2.75) is 63.1 Å². The second-order valence-corrected chi connectivity index (χ2v) is 6.43. The van der Waals surface area contributed by atoms with Crippen LogP contribution in [0.4, 0.5) is 4.39 Å². The number of hydrogen-bond donors (Lipinski definition) is 0. The minimum absolute atomic E-state index is 0.0922. The fourth-order valence-corrected chi connectivity index (χ4v) is 3.99. The molecule has 0 amide bonds. The summed E-state index contributed by atoms with van der Waals surface area (Å²) in [6.45, 7) is 2.30. The fraction of sp³-hybridized carbons (Fsp3) is 1.00. The van der Waals surface area contributed by atoms with Crippen molar-refractivity contribution in [2.75, 3.05) is 7.11 Å². The summed E-state index contributed by atoms with van der Waals surface area (Å²) in [7, 11) is 1.63. The molecule has 4 atom stereocenters. The van der Waals surface area contributed by atoms with Crippen molar-refractivity contribution >= 4 is 11.6 Å². The highest BCUT2D eigenvalue weighted by molar-refractivity contribution is 6.21. The Labute approximate surface area is 109 Å². The summed E-state index contributed by atoms with van der Waals surface area (Å²) in [6, 6.07) is 0. The molecule has 0 heterocycles. The zero-order valence-electron chi connectivity index (χ0n) is 10.9. The van der Waals surface area contributed by atoms with Crippen LogP contribution in [0.25, 0.3) is 0 Å². The smallest absolute Gasteiger partial charge is 0.122 e. The Balaban J connectivity index is 1.93. The Morgan fingerprint density at radius 3 is 2.29 bits per heavy atom. The van der Waals surface area contributed by atoms with Gasteiger partial charge in [0.05, 0.1) is 11.5 Å². The molecule has 3 heteroatoms. The van der Waals surface area contributed by atoms with Crippen molar-refractivity contribution in [3.8, 4) is 0 Å². The molecule has 0 N–H and O–H groups in total. The molecular formula is C14H24ClFO. The molecular weight excluding hydrogens is 239 g/mol. The van der Waals surface area contributed by atoms with Crippen molar-refractivity contribution in [1.29, 1.82) is 0 Å². The molecule has 0 aromatic heterocycles. The molecule has 17 heavy (non-hydrogen) atoms. The first-order valence-electron chi connectivity index (χ1n) is 6.94. The summed E-state index contributed by atoms with van der Waals surface area (Å²) in [6.07, 6.45) is 5.78. The molecule has 2 fully saturated rings. The molecule has 0 radical (unpaired) electrons. The zero-order chi connectivity index (χ0) is 12.4. The van der Waals surface area contributed by atoms with Gasteiger partial charge in [0.1, 0.15) is 6.17 Å². The maximum Gasteiger partial charge on any atom is 0.122 e. The molecule has 0 aromatic carbocycles. The predicted molar refractivity (Wildman–Crippen MR) is 69.2 cm³/mol. The van der Waals surface area contributed by atoms with Crippen LogP contribution in [0, 0.1) is 17.8 Å². The monoisotopic (exact) mass is 262 g/mol. The van der Waals surface area contributed by atoms with Crippen LogP contribution in [0.2, 0.25) is 0 Å². The van der Waals surface area contributed by atoms with E-state index in [2.05, 4.69) is 6.92 Å². The van der Waals surface area contributed by atoms with E-state index in [1.165, 1.54) is 25.7 Å². The highest BCUT2D eigenvalue weighted by Gasteiger charge is 2.42. The molecule has 0 saturated heterocycles.